The van der Waals surface area contributed by atoms with E-state index >= 15 is 0 Å². The molecule has 7 heteroatoms. The Kier molecular flexibility index (Phi) is 5.02. The van der Waals surface area contributed by atoms with Crippen LogP contribution in [0.3, 0.4) is 0 Å². The van der Waals surface area contributed by atoms with Crippen LogP contribution < -0.4 is 0 Å². The van der Waals surface area contributed by atoms with Gasteiger partial charge in [-0.3, -0.25) is 9.59 Å². The van der Waals surface area contributed by atoms with Crippen LogP contribution in [0.5, 0.6) is 0 Å². The predicted octanol–water partition coefficient (Wildman–Crippen LogP) is 1.85. The number of likely N-dealkylation sites (N-methyl/N-ethyl adjacent to an activating group) is 1. The maximum atomic E-state index is 13.1. The summed E-state index contributed by atoms with van der Waals surface area (Å²) in [5.74, 6) is -0.452. The fraction of sp³-hybridized carbons (Fsp3) is 0.556. The van der Waals surface area contributed by atoms with Crippen LogP contribution >= 0.6 is 11.6 Å². The van der Waals surface area contributed by atoms with Gasteiger partial charge in [-0.2, -0.15) is 0 Å². The second kappa shape index (κ2) is 6.92. The molecule has 1 unspecified atom stereocenters. The molecule has 2 saturated heterocycles. The van der Waals surface area contributed by atoms with Crippen LogP contribution in [-0.2, 0) is 16.0 Å². The summed E-state index contributed by atoms with van der Waals surface area (Å²) in [5.41, 5.74) is 0.0359. The number of hydrogen-bond acceptors (Lipinski definition) is 3. The van der Waals surface area contributed by atoms with Crippen molar-refractivity contribution in [2.45, 2.75) is 31.8 Å². The lowest BCUT2D eigenvalue weighted by Crippen LogP contribution is -2.57. The maximum Gasteiger partial charge on any atom is 0.228 e. The quantitative estimate of drug-likeness (QED) is 0.866. The zero-order valence-electron chi connectivity index (χ0n) is 14.2. The van der Waals surface area contributed by atoms with Crippen molar-refractivity contribution in [3.63, 3.8) is 0 Å². The zero-order chi connectivity index (χ0) is 18.2. The van der Waals surface area contributed by atoms with Crippen molar-refractivity contribution in [2.75, 3.05) is 26.7 Å². The average Bonchev–Trinajstić information content (AvgIpc) is 2.56. The fourth-order valence-corrected chi connectivity index (χ4v) is 4.18. The van der Waals surface area contributed by atoms with Gasteiger partial charge in [-0.25, -0.2) is 4.39 Å². The molecule has 3 rings (SSSR count). The summed E-state index contributed by atoms with van der Waals surface area (Å²) < 4.78 is 13.1. The van der Waals surface area contributed by atoms with Crippen molar-refractivity contribution in [2.24, 2.45) is 5.41 Å². The first-order valence-electron chi connectivity index (χ1n) is 8.46. The van der Waals surface area contributed by atoms with E-state index in [-0.39, 0.29) is 23.3 Å². The number of carbonyl (C=O) groups is 2. The van der Waals surface area contributed by atoms with Crippen molar-refractivity contribution in [1.82, 2.24) is 9.80 Å². The highest BCUT2D eigenvalue weighted by molar-refractivity contribution is 6.31. The smallest absolute Gasteiger partial charge is 0.228 e. The molecule has 2 fully saturated rings. The van der Waals surface area contributed by atoms with E-state index in [0.29, 0.717) is 44.5 Å². The molecule has 25 heavy (non-hydrogen) atoms. The summed E-state index contributed by atoms with van der Waals surface area (Å²) in [7, 11) is 1.71. The van der Waals surface area contributed by atoms with E-state index < -0.39 is 17.3 Å². The van der Waals surface area contributed by atoms with Crippen LogP contribution in [0.1, 0.15) is 24.8 Å². The first kappa shape index (κ1) is 18.1. The predicted molar refractivity (Wildman–Crippen MR) is 91.6 cm³/mol. The van der Waals surface area contributed by atoms with E-state index in [4.69, 9.17) is 11.6 Å². The molecule has 2 aliphatic heterocycles. The van der Waals surface area contributed by atoms with Gasteiger partial charge in [0.15, 0.2) is 0 Å². The third-order valence-electron chi connectivity index (χ3n) is 5.34. The molecule has 1 spiro atoms. The van der Waals surface area contributed by atoms with Crippen LogP contribution in [0.25, 0.3) is 0 Å². The number of hydrogen-bond donors (Lipinski definition) is 1. The monoisotopic (exact) mass is 368 g/mol. The molecule has 0 radical (unpaired) electrons. The number of amides is 2. The van der Waals surface area contributed by atoms with Crippen molar-refractivity contribution in [1.29, 1.82) is 0 Å². The van der Waals surface area contributed by atoms with Crippen LogP contribution in [0.15, 0.2) is 18.2 Å². The van der Waals surface area contributed by atoms with Crippen molar-refractivity contribution < 1.29 is 19.1 Å². The minimum absolute atomic E-state index is 0.0616. The molecule has 0 saturated carbocycles. The molecule has 5 nitrogen and oxygen atoms in total. The van der Waals surface area contributed by atoms with Gasteiger partial charge in [-0.05, 0) is 37.0 Å². The molecule has 2 amide bonds. The van der Waals surface area contributed by atoms with Crippen LogP contribution in [0, 0.1) is 11.2 Å². The standard InChI is InChI=1S/C18H22ClFN2O3/c1-21-11-14(23)10-18(17(21)25)4-6-22(7-5-18)16(24)8-12-2-3-13(20)9-15(12)19/h2-3,9,14,23H,4-8,10-11H2,1H3. The van der Waals surface area contributed by atoms with E-state index in [2.05, 4.69) is 0 Å². The molecule has 2 aliphatic rings. The number of piperidine rings is 2. The highest BCUT2D eigenvalue weighted by Crippen LogP contribution is 2.40. The van der Waals surface area contributed by atoms with Crippen LogP contribution in [-0.4, -0.2) is 59.5 Å². The number of aliphatic hydroxyl groups excluding tert-OH is 1. The van der Waals surface area contributed by atoms with Crippen molar-refractivity contribution >= 4 is 23.4 Å². The molecular weight excluding hydrogens is 347 g/mol. The number of likely N-dealkylation sites (tertiary alicyclic amines) is 2. The van der Waals surface area contributed by atoms with Gasteiger partial charge in [0, 0.05) is 31.7 Å². The number of benzene rings is 1. The highest BCUT2D eigenvalue weighted by atomic mass is 35.5. The van der Waals surface area contributed by atoms with Crippen molar-refractivity contribution in [3.8, 4) is 0 Å². The topological polar surface area (TPSA) is 60.9 Å². The number of aliphatic hydroxyl groups is 1. The molecule has 0 bridgehead atoms. The number of carbonyl (C=O) groups excluding carboxylic acids is 2. The third-order valence-corrected chi connectivity index (χ3v) is 5.69. The molecule has 0 aliphatic carbocycles. The van der Waals surface area contributed by atoms with Gasteiger partial charge >= 0.3 is 0 Å². The van der Waals surface area contributed by atoms with Crippen LogP contribution in [0.4, 0.5) is 4.39 Å². The second-order valence-electron chi connectivity index (χ2n) is 7.12. The summed E-state index contributed by atoms with van der Waals surface area (Å²) in [5, 5.41) is 10.3. The van der Waals surface area contributed by atoms with E-state index in [1.807, 2.05) is 0 Å². The zero-order valence-corrected chi connectivity index (χ0v) is 14.9. The summed E-state index contributed by atoms with van der Waals surface area (Å²) in [6.07, 6.45) is 1.17. The van der Waals surface area contributed by atoms with Gasteiger partial charge < -0.3 is 14.9 Å². The SMILES string of the molecule is CN1CC(O)CC2(CCN(C(=O)Cc3ccc(F)cc3Cl)CC2)C1=O. The van der Waals surface area contributed by atoms with Crippen molar-refractivity contribution in [3.05, 3.63) is 34.6 Å². The molecule has 1 aromatic carbocycles. The number of rotatable bonds is 2. The lowest BCUT2D eigenvalue weighted by molar-refractivity contribution is -0.156. The first-order chi connectivity index (χ1) is 11.8. The number of nitrogens with zero attached hydrogens (tertiary/aromatic N) is 2. The van der Waals surface area contributed by atoms with E-state index in [0.717, 1.165) is 0 Å². The lowest BCUT2D eigenvalue weighted by Gasteiger charge is -2.47. The summed E-state index contributed by atoms with van der Waals surface area (Å²) in [6.45, 7) is 1.32. The van der Waals surface area contributed by atoms with Gasteiger partial charge in [0.05, 0.1) is 17.9 Å². The Morgan fingerprint density at radius 2 is 2.08 bits per heavy atom. The third kappa shape index (κ3) is 3.65. The minimum atomic E-state index is -0.559. The normalized spacial score (nSPS) is 23.2. The Balaban J connectivity index is 1.63. The molecule has 1 atom stereocenters. The van der Waals surface area contributed by atoms with E-state index in [1.54, 1.807) is 16.8 Å². The Morgan fingerprint density at radius 1 is 1.40 bits per heavy atom. The molecule has 136 valence electrons. The van der Waals surface area contributed by atoms with Gasteiger partial charge in [-0.15, -0.1) is 0 Å². The van der Waals surface area contributed by atoms with Gasteiger partial charge in [0.1, 0.15) is 5.82 Å². The minimum Gasteiger partial charge on any atom is -0.391 e. The van der Waals surface area contributed by atoms with E-state index in [1.165, 1.54) is 18.2 Å². The lowest BCUT2D eigenvalue weighted by atomic mass is 9.71. The highest BCUT2D eigenvalue weighted by Gasteiger charge is 2.47. The maximum absolute atomic E-state index is 13.1. The Hall–Kier alpha value is -1.66. The van der Waals surface area contributed by atoms with Gasteiger partial charge in [-0.1, -0.05) is 17.7 Å². The Labute approximate surface area is 151 Å². The van der Waals surface area contributed by atoms with Gasteiger partial charge in [0.25, 0.3) is 0 Å². The molecule has 1 aromatic rings. The van der Waals surface area contributed by atoms with E-state index in [9.17, 15) is 19.1 Å². The molecule has 0 aromatic heterocycles. The molecule has 2 heterocycles. The largest absolute Gasteiger partial charge is 0.391 e. The summed E-state index contributed by atoms with van der Waals surface area (Å²) >= 11 is 5.99. The van der Waals surface area contributed by atoms with Gasteiger partial charge in [0.2, 0.25) is 11.8 Å². The molecule has 1 N–H and O–H groups in total. The van der Waals surface area contributed by atoms with Crippen LogP contribution in [0.2, 0.25) is 5.02 Å². The summed E-state index contributed by atoms with van der Waals surface area (Å²) in [4.78, 5) is 28.4. The second-order valence-corrected chi connectivity index (χ2v) is 7.52. The summed E-state index contributed by atoms with van der Waals surface area (Å²) in [6, 6.07) is 4.02. The average molecular weight is 369 g/mol. The Bertz CT molecular complexity index is 689. The number of β-amino-alcohol motifs (C(OH)–C–C–N with tert-alkyl or cyclic N) is 1. The molecular formula is C18H22ClFN2O3. The fourth-order valence-electron chi connectivity index (χ4n) is 3.95. The Morgan fingerprint density at radius 3 is 2.72 bits per heavy atom. The number of halogens is 2. The first-order valence-corrected chi connectivity index (χ1v) is 8.84.